The van der Waals surface area contributed by atoms with Crippen LogP contribution in [-0.4, -0.2) is 35.0 Å². The minimum atomic E-state index is -5.19. The number of carbonyl (C=O) groups excluding carboxylic acids is 2. The number of ketones is 1. The zero-order chi connectivity index (χ0) is 26.1. The molecule has 0 aromatic heterocycles. The van der Waals surface area contributed by atoms with Crippen LogP contribution >= 0.6 is 23.2 Å². The first kappa shape index (κ1) is 27.6. The van der Waals surface area contributed by atoms with Crippen LogP contribution in [0.4, 0.5) is 13.2 Å². The van der Waals surface area contributed by atoms with Crippen LogP contribution in [0.25, 0.3) is 0 Å². The molecule has 0 saturated carbocycles. The predicted octanol–water partition coefficient (Wildman–Crippen LogP) is 6.61. The van der Waals surface area contributed by atoms with Gasteiger partial charge in [-0.2, -0.15) is 13.2 Å². The minimum absolute atomic E-state index is 0.139. The third-order valence-corrected chi connectivity index (χ3v) is 5.42. The summed E-state index contributed by atoms with van der Waals surface area (Å²) in [6.45, 7) is 4.92. The summed E-state index contributed by atoms with van der Waals surface area (Å²) in [4.78, 5) is 35.5. The van der Waals surface area contributed by atoms with Crippen molar-refractivity contribution in [1.29, 1.82) is 0 Å². The Bertz CT molecular complexity index is 1110. The van der Waals surface area contributed by atoms with Crippen LogP contribution in [0.5, 0.6) is 0 Å². The lowest BCUT2D eigenvalue weighted by Crippen LogP contribution is -2.49. The van der Waals surface area contributed by atoms with E-state index < -0.39 is 52.4 Å². The molecule has 0 spiro atoms. The first-order valence-corrected chi connectivity index (χ1v) is 10.7. The molecule has 0 bridgehead atoms. The van der Waals surface area contributed by atoms with Crippen molar-refractivity contribution in [2.24, 2.45) is 0 Å². The van der Waals surface area contributed by atoms with Gasteiger partial charge in [-0.25, -0.2) is 4.79 Å². The highest BCUT2D eigenvalue weighted by molar-refractivity contribution is 6.34. The van der Waals surface area contributed by atoms with E-state index in [2.05, 4.69) is 0 Å². The topological polar surface area (TPSA) is 86.5 Å². The molecule has 2 aromatic rings. The van der Waals surface area contributed by atoms with Gasteiger partial charge in [-0.15, -0.1) is 0 Å². The van der Waals surface area contributed by atoms with Gasteiger partial charge in [0.05, 0.1) is 5.56 Å². The van der Waals surface area contributed by atoms with Gasteiger partial charge < -0.3 is 4.74 Å². The minimum Gasteiger partial charge on any atom is -0.456 e. The van der Waals surface area contributed by atoms with Gasteiger partial charge >= 0.3 is 12.1 Å². The molecule has 0 fully saturated rings. The van der Waals surface area contributed by atoms with E-state index in [1.165, 1.54) is 31.2 Å². The summed E-state index contributed by atoms with van der Waals surface area (Å²) in [7, 11) is 0. The Kier molecular flexibility index (Phi) is 8.05. The van der Waals surface area contributed by atoms with Crippen LogP contribution in [0, 0.1) is 17.0 Å². The van der Waals surface area contributed by atoms with Crippen LogP contribution < -0.4 is 0 Å². The third-order valence-electron chi connectivity index (χ3n) is 4.99. The fourth-order valence-electron chi connectivity index (χ4n) is 3.43. The molecule has 0 radical (unpaired) electrons. The first-order valence-electron chi connectivity index (χ1n) is 9.97. The number of nitro groups is 1. The van der Waals surface area contributed by atoms with Crippen molar-refractivity contribution in [2.75, 3.05) is 6.54 Å². The molecule has 34 heavy (non-hydrogen) atoms. The molecule has 0 heterocycles. The summed E-state index contributed by atoms with van der Waals surface area (Å²) in [6, 6.07) is 6.71. The third kappa shape index (κ3) is 6.48. The van der Waals surface area contributed by atoms with Gasteiger partial charge in [-0.3, -0.25) is 14.9 Å². The van der Waals surface area contributed by atoms with E-state index in [1.807, 2.05) is 0 Å². The van der Waals surface area contributed by atoms with E-state index >= 15 is 0 Å². The van der Waals surface area contributed by atoms with E-state index in [0.717, 1.165) is 12.1 Å². The maximum absolute atomic E-state index is 14.4. The average molecular weight is 520 g/mol. The van der Waals surface area contributed by atoms with Gasteiger partial charge in [-0.1, -0.05) is 29.3 Å². The number of benzene rings is 2. The van der Waals surface area contributed by atoms with Gasteiger partial charge in [0.25, 0.3) is 0 Å². The second-order valence-corrected chi connectivity index (χ2v) is 9.73. The normalized spacial score (nSPS) is 13.8. The van der Waals surface area contributed by atoms with E-state index in [4.69, 9.17) is 27.9 Å². The number of ether oxygens (including phenoxy) is 1. The van der Waals surface area contributed by atoms with Gasteiger partial charge in [0, 0.05) is 27.0 Å². The number of halogens is 5. The van der Waals surface area contributed by atoms with Crippen molar-refractivity contribution in [1.82, 2.24) is 0 Å². The lowest BCUT2D eigenvalue weighted by Gasteiger charge is -2.32. The Labute approximate surface area is 204 Å². The van der Waals surface area contributed by atoms with Gasteiger partial charge in [0.1, 0.15) is 5.60 Å². The van der Waals surface area contributed by atoms with Crippen LogP contribution in [0.1, 0.15) is 59.0 Å². The molecule has 0 saturated heterocycles. The summed E-state index contributed by atoms with van der Waals surface area (Å²) in [5, 5.41) is 11.0. The number of esters is 1. The average Bonchev–Trinajstić information content (AvgIpc) is 2.63. The highest BCUT2D eigenvalue weighted by Gasteiger charge is 2.60. The quantitative estimate of drug-likeness (QED) is 0.178. The fraction of sp³-hybridized carbons (Fsp3) is 0.391. The van der Waals surface area contributed by atoms with E-state index in [0.29, 0.717) is 5.56 Å². The Hall–Kier alpha value is -2.65. The number of nitrogens with zero attached hydrogens (tertiary/aromatic N) is 1. The molecular weight excluding hydrogens is 498 g/mol. The fourth-order valence-corrected chi connectivity index (χ4v) is 3.95. The molecule has 0 unspecified atom stereocenters. The van der Waals surface area contributed by atoms with Gasteiger partial charge in [0.15, 0.2) is 11.2 Å². The summed E-state index contributed by atoms with van der Waals surface area (Å²) >= 11 is 11.7. The number of rotatable bonds is 7. The van der Waals surface area contributed by atoms with Crippen molar-refractivity contribution in [3.8, 4) is 0 Å². The second-order valence-electron chi connectivity index (χ2n) is 8.86. The van der Waals surface area contributed by atoms with Crippen LogP contribution in [0.15, 0.2) is 36.4 Å². The highest BCUT2D eigenvalue weighted by atomic mass is 35.5. The Morgan fingerprint density at radius 3 is 2.03 bits per heavy atom. The lowest BCUT2D eigenvalue weighted by molar-refractivity contribution is -0.501. The maximum atomic E-state index is 14.4. The number of Topliss-reactive ketones (excluding diaryl/α,β-unsaturated/α-hetero) is 1. The Morgan fingerprint density at radius 1 is 1.03 bits per heavy atom. The van der Waals surface area contributed by atoms with E-state index in [1.54, 1.807) is 20.8 Å². The Morgan fingerprint density at radius 2 is 1.59 bits per heavy atom. The molecule has 2 rings (SSSR count). The van der Waals surface area contributed by atoms with Crippen molar-refractivity contribution in [3.63, 3.8) is 0 Å². The summed E-state index contributed by atoms with van der Waals surface area (Å²) < 4.78 is 48.4. The van der Waals surface area contributed by atoms with Crippen LogP contribution in [0.2, 0.25) is 10.0 Å². The molecular formula is C23H22Cl2F3NO5. The summed E-state index contributed by atoms with van der Waals surface area (Å²) in [5.41, 5.74) is -4.25. The maximum Gasteiger partial charge on any atom is 0.405 e. The lowest BCUT2D eigenvalue weighted by atomic mass is 9.74. The van der Waals surface area contributed by atoms with Crippen molar-refractivity contribution in [2.45, 2.75) is 51.3 Å². The molecule has 1 atom stereocenters. The van der Waals surface area contributed by atoms with Crippen molar-refractivity contribution >= 4 is 35.0 Å². The molecule has 0 amide bonds. The molecule has 0 aliphatic rings. The molecule has 2 aromatic carbocycles. The molecule has 6 nitrogen and oxygen atoms in total. The number of alkyl halides is 3. The van der Waals surface area contributed by atoms with Crippen LogP contribution in [0.3, 0.4) is 0 Å². The van der Waals surface area contributed by atoms with Crippen molar-refractivity contribution < 1.29 is 32.4 Å². The SMILES string of the molecule is Cc1cc(C(=O)C[C@@](C[N+](=O)[O-])(c2cc(Cl)cc(Cl)c2)C(F)(F)F)ccc1C(=O)OC(C)(C)C. The number of carbonyl (C=O) groups is 2. The Balaban J connectivity index is 2.53. The summed E-state index contributed by atoms with van der Waals surface area (Å²) in [5.74, 6) is -1.66. The second kappa shape index (κ2) is 9.92. The first-order chi connectivity index (χ1) is 15.4. The molecule has 0 aliphatic heterocycles. The predicted molar refractivity (Wildman–Crippen MR) is 121 cm³/mol. The van der Waals surface area contributed by atoms with E-state index in [-0.39, 0.29) is 21.2 Å². The standard InChI is InChI=1S/C23H22Cl2F3NO5/c1-13-7-14(5-6-18(13)20(31)34-21(2,3)4)19(30)11-22(12-29(32)33,23(26,27)28)15-8-16(24)10-17(25)9-15/h5-10H,11-12H2,1-4H3/t22-/m1/s1. The van der Waals surface area contributed by atoms with Gasteiger partial charge in [0.2, 0.25) is 6.54 Å². The van der Waals surface area contributed by atoms with Crippen LogP contribution in [-0.2, 0) is 10.2 Å². The van der Waals surface area contributed by atoms with Gasteiger partial charge in [-0.05, 0) is 69.2 Å². The molecule has 0 aliphatic carbocycles. The smallest absolute Gasteiger partial charge is 0.405 e. The highest BCUT2D eigenvalue weighted by Crippen LogP contribution is 2.46. The number of aryl methyl sites for hydroxylation is 1. The van der Waals surface area contributed by atoms with E-state index in [9.17, 15) is 32.9 Å². The largest absolute Gasteiger partial charge is 0.456 e. The summed E-state index contributed by atoms with van der Waals surface area (Å²) in [6.07, 6.45) is -6.45. The van der Waals surface area contributed by atoms with Crippen molar-refractivity contribution in [3.05, 3.63) is 78.8 Å². The zero-order valence-corrected chi connectivity index (χ0v) is 20.3. The molecule has 184 valence electrons. The monoisotopic (exact) mass is 519 g/mol. The number of hydrogen-bond donors (Lipinski definition) is 0. The number of hydrogen-bond acceptors (Lipinski definition) is 5. The molecule has 0 N–H and O–H groups in total. The zero-order valence-electron chi connectivity index (χ0n) is 18.8. The molecule has 11 heteroatoms.